The topological polar surface area (TPSA) is 68.5 Å². The van der Waals surface area contributed by atoms with E-state index in [-0.39, 0.29) is 17.8 Å². The number of nitrogens with zero attached hydrogens (tertiary/aromatic N) is 3. The number of aromatic nitrogens is 2. The van der Waals surface area contributed by atoms with Crippen LogP contribution < -0.4 is 4.74 Å². The highest BCUT2D eigenvalue weighted by Crippen LogP contribution is 2.35. The van der Waals surface area contributed by atoms with Crippen LogP contribution in [-0.2, 0) is 0 Å². The third-order valence-corrected chi connectivity index (χ3v) is 5.17. The molecule has 1 amide bonds. The largest absolute Gasteiger partial charge is 0.496 e. The van der Waals surface area contributed by atoms with Gasteiger partial charge in [-0.05, 0) is 49.6 Å². The van der Waals surface area contributed by atoms with Gasteiger partial charge in [-0.3, -0.25) is 4.79 Å². The Kier molecular flexibility index (Phi) is 4.58. The number of aryl methyl sites for hydroxylation is 1. The second kappa shape index (κ2) is 7.07. The van der Waals surface area contributed by atoms with Gasteiger partial charge in [0.25, 0.3) is 5.91 Å². The fourth-order valence-corrected chi connectivity index (χ4v) is 3.34. The summed E-state index contributed by atoms with van der Waals surface area (Å²) in [5.74, 6) is 0.916. The fraction of sp³-hybridized carbons (Fsp3) is 0.286. The second-order valence-corrected chi connectivity index (χ2v) is 6.86. The molecule has 2 heterocycles. The van der Waals surface area contributed by atoms with Crippen LogP contribution in [0.2, 0.25) is 0 Å². The Bertz CT molecular complexity index is 1050. The smallest absolute Gasteiger partial charge is 0.254 e. The van der Waals surface area contributed by atoms with E-state index in [1.54, 1.807) is 43.2 Å². The number of carbonyl (C=O) groups is 1. The summed E-state index contributed by atoms with van der Waals surface area (Å²) in [4.78, 5) is 19.0. The molecule has 1 fully saturated rings. The van der Waals surface area contributed by atoms with Crippen molar-refractivity contribution in [1.82, 2.24) is 15.0 Å². The molecule has 1 atom stereocenters. The van der Waals surface area contributed by atoms with Crippen molar-refractivity contribution >= 4 is 5.91 Å². The van der Waals surface area contributed by atoms with Crippen molar-refractivity contribution in [2.45, 2.75) is 26.3 Å². The molecule has 0 N–H and O–H groups in total. The van der Waals surface area contributed by atoms with E-state index in [4.69, 9.17) is 9.26 Å². The molecule has 7 heteroatoms. The molecule has 6 nitrogen and oxygen atoms in total. The number of hydrogen-bond acceptors (Lipinski definition) is 5. The lowest BCUT2D eigenvalue weighted by Gasteiger charge is -2.38. The summed E-state index contributed by atoms with van der Waals surface area (Å²) >= 11 is 0. The summed E-state index contributed by atoms with van der Waals surface area (Å²) < 4.78 is 24.5. The van der Waals surface area contributed by atoms with E-state index in [1.165, 1.54) is 6.07 Å². The molecule has 1 saturated heterocycles. The molecule has 0 radical (unpaired) electrons. The van der Waals surface area contributed by atoms with Crippen LogP contribution in [0.4, 0.5) is 4.39 Å². The quantitative estimate of drug-likeness (QED) is 0.681. The monoisotopic (exact) mass is 381 g/mol. The molecule has 0 bridgehead atoms. The number of benzene rings is 2. The molecular formula is C21H20FN3O3. The summed E-state index contributed by atoms with van der Waals surface area (Å²) in [6.45, 7) is 4.20. The van der Waals surface area contributed by atoms with Gasteiger partial charge >= 0.3 is 0 Å². The van der Waals surface area contributed by atoms with Gasteiger partial charge in [0.15, 0.2) is 0 Å². The number of likely N-dealkylation sites (tertiary alicyclic amines) is 1. The van der Waals surface area contributed by atoms with Crippen LogP contribution in [0.3, 0.4) is 0 Å². The molecule has 0 spiro atoms. The van der Waals surface area contributed by atoms with Crippen LogP contribution in [-0.4, -0.2) is 34.6 Å². The number of carbonyl (C=O) groups excluding carboxylic acids is 1. The van der Waals surface area contributed by atoms with Crippen LogP contribution in [0.25, 0.3) is 11.4 Å². The van der Waals surface area contributed by atoms with Crippen LogP contribution in [0.15, 0.2) is 40.9 Å². The van der Waals surface area contributed by atoms with Gasteiger partial charge in [0.05, 0.1) is 7.11 Å². The fourth-order valence-electron chi connectivity index (χ4n) is 3.34. The number of rotatable bonds is 4. The first kappa shape index (κ1) is 18.2. The van der Waals surface area contributed by atoms with Gasteiger partial charge in [0.2, 0.25) is 11.7 Å². The zero-order chi connectivity index (χ0) is 19.8. The third-order valence-electron chi connectivity index (χ3n) is 5.17. The minimum atomic E-state index is -0.322. The first-order valence-electron chi connectivity index (χ1n) is 9.04. The molecule has 3 aromatic rings. The van der Waals surface area contributed by atoms with Crippen LogP contribution in [0.1, 0.15) is 39.8 Å². The molecule has 4 rings (SSSR count). The highest BCUT2D eigenvalue weighted by Gasteiger charge is 2.38. The SMILES string of the molecule is COc1cc(C(=O)N2CC[C@H]2c2nc(-c3cccc(F)c3C)no2)ccc1C. The Balaban J connectivity index is 1.57. The predicted molar refractivity (Wildman–Crippen MR) is 101 cm³/mol. The van der Waals surface area contributed by atoms with E-state index in [2.05, 4.69) is 10.1 Å². The predicted octanol–water partition coefficient (Wildman–Crippen LogP) is 4.09. The van der Waals surface area contributed by atoms with Crippen molar-refractivity contribution in [1.29, 1.82) is 0 Å². The molecule has 2 aromatic carbocycles. The van der Waals surface area contributed by atoms with Crippen molar-refractivity contribution in [3.63, 3.8) is 0 Å². The van der Waals surface area contributed by atoms with Crippen molar-refractivity contribution in [2.75, 3.05) is 13.7 Å². The highest BCUT2D eigenvalue weighted by atomic mass is 19.1. The van der Waals surface area contributed by atoms with E-state index >= 15 is 0 Å². The summed E-state index contributed by atoms with van der Waals surface area (Å²) in [5.41, 5.74) is 2.55. The van der Waals surface area contributed by atoms with E-state index in [9.17, 15) is 9.18 Å². The molecule has 1 aromatic heterocycles. The molecule has 0 unspecified atom stereocenters. The summed E-state index contributed by atoms with van der Waals surface area (Å²) in [7, 11) is 1.58. The Hall–Kier alpha value is -3.22. The molecule has 1 aliphatic rings. The standard InChI is InChI=1S/C21H20FN3O3/c1-12-7-8-14(11-18(12)27-3)21(26)25-10-9-17(25)20-23-19(24-28-20)15-5-4-6-16(22)13(15)2/h4-8,11,17H,9-10H2,1-3H3/t17-/m0/s1. The highest BCUT2D eigenvalue weighted by molar-refractivity contribution is 5.95. The molecule has 1 aliphatic heterocycles. The number of halogens is 1. The van der Waals surface area contributed by atoms with Gasteiger partial charge in [0.1, 0.15) is 17.6 Å². The van der Waals surface area contributed by atoms with Gasteiger partial charge < -0.3 is 14.2 Å². The van der Waals surface area contributed by atoms with E-state index in [0.717, 1.165) is 12.0 Å². The lowest BCUT2D eigenvalue weighted by molar-refractivity contribution is 0.0378. The zero-order valence-electron chi connectivity index (χ0n) is 15.9. The number of amides is 1. The zero-order valence-corrected chi connectivity index (χ0v) is 15.9. The van der Waals surface area contributed by atoms with E-state index in [0.29, 0.717) is 40.7 Å². The minimum absolute atomic E-state index is 0.115. The number of methoxy groups -OCH3 is 1. The summed E-state index contributed by atoms with van der Waals surface area (Å²) in [6.07, 6.45) is 0.735. The van der Waals surface area contributed by atoms with Gasteiger partial charge in [-0.15, -0.1) is 0 Å². The normalized spacial score (nSPS) is 16.0. The Morgan fingerprint density at radius 3 is 2.82 bits per heavy atom. The maximum Gasteiger partial charge on any atom is 0.254 e. The minimum Gasteiger partial charge on any atom is -0.496 e. The van der Waals surface area contributed by atoms with Crippen molar-refractivity contribution in [2.24, 2.45) is 0 Å². The van der Waals surface area contributed by atoms with Crippen LogP contribution >= 0.6 is 0 Å². The molecule has 144 valence electrons. The lowest BCUT2D eigenvalue weighted by Crippen LogP contribution is -2.45. The van der Waals surface area contributed by atoms with Gasteiger partial charge in [-0.1, -0.05) is 23.4 Å². The maximum absolute atomic E-state index is 13.8. The van der Waals surface area contributed by atoms with Crippen LogP contribution in [0.5, 0.6) is 5.75 Å². The van der Waals surface area contributed by atoms with Gasteiger partial charge in [-0.2, -0.15) is 4.98 Å². The molecule has 28 heavy (non-hydrogen) atoms. The number of ether oxygens (including phenoxy) is 1. The summed E-state index contributed by atoms with van der Waals surface area (Å²) in [6, 6.07) is 9.84. The van der Waals surface area contributed by atoms with E-state index in [1.807, 2.05) is 13.0 Å². The first-order chi connectivity index (χ1) is 13.5. The molecule has 0 saturated carbocycles. The van der Waals surface area contributed by atoms with Gasteiger partial charge in [0, 0.05) is 17.7 Å². The second-order valence-electron chi connectivity index (χ2n) is 6.86. The Morgan fingerprint density at radius 1 is 1.29 bits per heavy atom. The van der Waals surface area contributed by atoms with E-state index < -0.39 is 0 Å². The Labute approximate surface area is 161 Å². The summed E-state index contributed by atoms with van der Waals surface area (Å²) in [5, 5.41) is 3.99. The van der Waals surface area contributed by atoms with Crippen LogP contribution in [0, 0.1) is 19.7 Å². The molecule has 0 aliphatic carbocycles. The maximum atomic E-state index is 13.8. The average Bonchev–Trinajstić information content (AvgIpc) is 3.12. The van der Waals surface area contributed by atoms with Crippen molar-refractivity contribution in [3.8, 4) is 17.1 Å². The Morgan fingerprint density at radius 2 is 2.11 bits per heavy atom. The number of hydrogen-bond donors (Lipinski definition) is 0. The lowest BCUT2D eigenvalue weighted by atomic mass is 10.0. The van der Waals surface area contributed by atoms with Crippen molar-refractivity contribution < 1.29 is 18.4 Å². The third kappa shape index (κ3) is 3.02. The molecular weight excluding hydrogens is 361 g/mol. The van der Waals surface area contributed by atoms with Gasteiger partial charge in [-0.25, -0.2) is 4.39 Å². The average molecular weight is 381 g/mol. The first-order valence-corrected chi connectivity index (χ1v) is 9.04. The van der Waals surface area contributed by atoms with Crippen molar-refractivity contribution in [3.05, 3.63) is 64.8 Å².